The SMILES string of the molecule is N#Cc1nc(-c2ccco2)oc1N1CCN(Cc2nnc(C(=O)Nc3ccc(F)cc3)s2)CC1. The van der Waals surface area contributed by atoms with Crippen LogP contribution in [-0.2, 0) is 6.54 Å². The Morgan fingerprint density at radius 1 is 1.18 bits per heavy atom. The lowest BCUT2D eigenvalue weighted by molar-refractivity contribution is 0.102. The molecule has 1 N–H and O–H groups in total. The normalized spacial score (nSPS) is 14.2. The van der Waals surface area contributed by atoms with Crippen molar-refractivity contribution in [3.05, 3.63) is 64.2 Å². The molecule has 3 aromatic heterocycles. The average molecular weight is 479 g/mol. The average Bonchev–Trinajstić information content (AvgIpc) is 3.61. The number of oxazole rings is 1. The standard InChI is InChI=1S/C22H18FN7O3S/c23-14-3-5-15(6-4-14)25-19(31)21-28-27-18(34-21)13-29-7-9-30(10-8-29)22-16(12-24)26-20(33-22)17-2-1-11-32-17/h1-6,11H,7-10,13H2,(H,25,31). The van der Waals surface area contributed by atoms with Crippen LogP contribution < -0.4 is 10.2 Å². The predicted octanol–water partition coefficient (Wildman–Crippen LogP) is 3.37. The number of benzene rings is 1. The molecule has 172 valence electrons. The number of furan rings is 1. The Balaban J connectivity index is 1.17. The van der Waals surface area contributed by atoms with Gasteiger partial charge in [0.05, 0.1) is 12.8 Å². The van der Waals surface area contributed by atoms with Gasteiger partial charge in [-0.25, -0.2) is 4.39 Å². The number of carbonyl (C=O) groups is 1. The number of nitrogens with one attached hydrogen (secondary N) is 1. The lowest BCUT2D eigenvalue weighted by Crippen LogP contribution is -2.46. The first-order valence-corrected chi connectivity index (χ1v) is 11.2. The third kappa shape index (κ3) is 4.66. The number of hydrogen-bond donors (Lipinski definition) is 1. The lowest BCUT2D eigenvalue weighted by Gasteiger charge is -2.33. The van der Waals surface area contributed by atoms with E-state index in [0.717, 1.165) is 5.01 Å². The van der Waals surface area contributed by atoms with Gasteiger partial charge in [-0.3, -0.25) is 9.69 Å². The number of anilines is 2. The molecule has 0 bridgehead atoms. The minimum absolute atomic E-state index is 0.223. The van der Waals surface area contributed by atoms with E-state index in [-0.39, 0.29) is 28.3 Å². The predicted molar refractivity (Wildman–Crippen MR) is 121 cm³/mol. The number of nitriles is 1. The van der Waals surface area contributed by atoms with Crippen LogP contribution in [0.25, 0.3) is 11.7 Å². The van der Waals surface area contributed by atoms with E-state index in [0.29, 0.717) is 50.1 Å². The van der Waals surface area contributed by atoms with Crippen LogP contribution in [0.1, 0.15) is 20.5 Å². The van der Waals surface area contributed by atoms with E-state index in [1.165, 1.54) is 41.9 Å². The first-order chi connectivity index (χ1) is 16.6. The van der Waals surface area contributed by atoms with Crippen LogP contribution in [-0.4, -0.2) is 52.2 Å². The van der Waals surface area contributed by atoms with Crippen molar-refractivity contribution in [1.29, 1.82) is 5.26 Å². The topological polar surface area (TPSA) is 124 Å². The number of carbonyl (C=O) groups excluding carboxylic acids is 1. The third-order valence-electron chi connectivity index (χ3n) is 5.23. The van der Waals surface area contributed by atoms with E-state index in [4.69, 9.17) is 8.83 Å². The molecule has 0 saturated carbocycles. The molecular weight excluding hydrogens is 461 g/mol. The summed E-state index contributed by atoms with van der Waals surface area (Å²) in [6.45, 7) is 3.24. The number of amides is 1. The fourth-order valence-corrected chi connectivity index (χ4v) is 4.31. The van der Waals surface area contributed by atoms with Gasteiger partial charge in [0.1, 0.15) is 16.9 Å². The molecule has 1 aliphatic heterocycles. The highest BCUT2D eigenvalue weighted by Gasteiger charge is 2.26. The minimum atomic E-state index is -0.387. The molecule has 1 fully saturated rings. The molecule has 34 heavy (non-hydrogen) atoms. The smallest absolute Gasteiger partial charge is 0.286 e. The second-order valence-corrected chi connectivity index (χ2v) is 8.55. The Kier molecular flexibility index (Phi) is 6.03. The van der Waals surface area contributed by atoms with Gasteiger partial charge in [-0.15, -0.1) is 10.2 Å². The van der Waals surface area contributed by atoms with Crippen molar-refractivity contribution in [3.63, 3.8) is 0 Å². The molecular formula is C22H18FN7O3S. The van der Waals surface area contributed by atoms with Crippen LogP contribution in [0.3, 0.4) is 0 Å². The summed E-state index contributed by atoms with van der Waals surface area (Å²) < 4.78 is 24.2. The van der Waals surface area contributed by atoms with E-state index in [1.54, 1.807) is 12.1 Å². The van der Waals surface area contributed by atoms with Crippen molar-refractivity contribution in [3.8, 4) is 17.7 Å². The van der Waals surface area contributed by atoms with Gasteiger partial charge in [-0.1, -0.05) is 11.3 Å². The van der Waals surface area contributed by atoms with Crippen molar-refractivity contribution in [2.75, 3.05) is 36.4 Å². The molecule has 0 unspecified atom stereocenters. The number of piperazine rings is 1. The lowest BCUT2D eigenvalue weighted by atomic mass is 10.3. The quantitative estimate of drug-likeness (QED) is 0.443. The Morgan fingerprint density at radius 3 is 2.68 bits per heavy atom. The van der Waals surface area contributed by atoms with E-state index >= 15 is 0 Å². The molecule has 0 spiro atoms. The Labute approximate surface area is 197 Å². The second-order valence-electron chi connectivity index (χ2n) is 7.49. The zero-order valence-electron chi connectivity index (χ0n) is 17.8. The number of halogens is 1. The highest BCUT2D eigenvalue weighted by atomic mass is 32.1. The Hall–Kier alpha value is -4.08. The molecule has 5 rings (SSSR count). The molecule has 10 nitrogen and oxygen atoms in total. The number of rotatable bonds is 6. The summed E-state index contributed by atoms with van der Waals surface area (Å²) in [7, 11) is 0. The molecule has 0 aliphatic carbocycles. The van der Waals surface area contributed by atoms with Gasteiger partial charge < -0.3 is 19.1 Å². The zero-order chi connectivity index (χ0) is 23.5. The summed E-state index contributed by atoms with van der Waals surface area (Å²) in [5.74, 6) is 0.420. The summed E-state index contributed by atoms with van der Waals surface area (Å²) in [6.07, 6.45) is 1.52. The number of aromatic nitrogens is 3. The van der Waals surface area contributed by atoms with Gasteiger partial charge in [0, 0.05) is 31.9 Å². The highest BCUT2D eigenvalue weighted by molar-refractivity contribution is 7.13. The first-order valence-electron chi connectivity index (χ1n) is 10.4. The van der Waals surface area contributed by atoms with Crippen molar-refractivity contribution >= 4 is 28.8 Å². The molecule has 12 heteroatoms. The maximum atomic E-state index is 13.0. The van der Waals surface area contributed by atoms with Crippen LogP contribution in [0.15, 0.2) is 51.5 Å². The van der Waals surface area contributed by atoms with Gasteiger partial charge in [0.15, 0.2) is 5.76 Å². The molecule has 1 aromatic carbocycles. The summed E-state index contributed by atoms with van der Waals surface area (Å²) >= 11 is 1.22. The van der Waals surface area contributed by atoms with Crippen molar-refractivity contribution in [2.24, 2.45) is 0 Å². The highest BCUT2D eigenvalue weighted by Crippen LogP contribution is 2.29. The molecule has 4 heterocycles. The van der Waals surface area contributed by atoms with E-state index in [9.17, 15) is 14.4 Å². The maximum Gasteiger partial charge on any atom is 0.286 e. The molecule has 0 atom stereocenters. The Morgan fingerprint density at radius 2 is 1.97 bits per heavy atom. The molecule has 1 aliphatic rings. The molecule has 0 radical (unpaired) electrons. The molecule has 1 saturated heterocycles. The largest absolute Gasteiger partial charge is 0.459 e. The Bertz CT molecular complexity index is 1320. The molecule has 4 aromatic rings. The van der Waals surface area contributed by atoms with Crippen LogP contribution in [0.2, 0.25) is 0 Å². The van der Waals surface area contributed by atoms with Crippen LogP contribution >= 0.6 is 11.3 Å². The molecule has 1 amide bonds. The summed E-state index contributed by atoms with van der Waals surface area (Å²) in [5.41, 5.74) is 0.708. The number of nitrogens with zero attached hydrogens (tertiary/aromatic N) is 6. The third-order valence-corrected chi connectivity index (χ3v) is 6.14. The second kappa shape index (κ2) is 9.42. The monoisotopic (exact) mass is 479 g/mol. The van der Waals surface area contributed by atoms with E-state index in [2.05, 4.69) is 31.5 Å². The van der Waals surface area contributed by atoms with Crippen LogP contribution in [0.5, 0.6) is 0 Å². The summed E-state index contributed by atoms with van der Waals surface area (Å²) in [4.78, 5) is 20.8. The van der Waals surface area contributed by atoms with Crippen molar-refractivity contribution in [2.45, 2.75) is 6.54 Å². The summed E-state index contributed by atoms with van der Waals surface area (Å²) in [5, 5.41) is 21.2. The fourth-order valence-electron chi connectivity index (χ4n) is 3.53. The first kappa shape index (κ1) is 21.7. The van der Waals surface area contributed by atoms with E-state index in [1.807, 2.05) is 4.90 Å². The van der Waals surface area contributed by atoms with Gasteiger partial charge >= 0.3 is 0 Å². The van der Waals surface area contributed by atoms with Gasteiger partial charge in [0.2, 0.25) is 16.6 Å². The van der Waals surface area contributed by atoms with Gasteiger partial charge in [-0.05, 0) is 36.4 Å². The zero-order valence-corrected chi connectivity index (χ0v) is 18.6. The van der Waals surface area contributed by atoms with E-state index < -0.39 is 0 Å². The number of hydrogen-bond acceptors (Lipinski definition) is 10. The minimum Gasteiger partial charge on any atom is -0.459 e. The van der Waals surface area contributed by atoms with Crippen molar-refractivity contribution in [1.82, 2.24) is 20.1 Å². The van der Waals surface area contributed by atoms with Crippen molar-refractivity contribution < 1.29 is 18.0 Å². The van der Waals surface area contributed by atoms with Crippen LogP contribution in [0, 0.1) is 17.1 Å². The van der Waals surface area contributed by atoms with Gasteiger partial charge in [-0.2, -0.15) is 10.2 Å². The fraction of sp³-hybridized carbons (Fsp3) is 0.227. The maximum absolute atomic E-state index is 13.0. The summed E-state index contributed by atoms with van der Waals surface area (Å²) in [6, 6.07) is 11.1. The van der Waals surface area contributed by atoms with Crippen LogP contribution in [0.4, 0.5) is 16.0 Å². The van der Waals surface area contributed by atoms with Gasteiger partial charge in [0.25, 0.3) is 11.8 Å².